The Labute approximate surface area is 125 Å². The molecule has 0 unspecified atom stereocenters. The number of amides is 1. The Morgan fingerprint density at radius 2 is 1.81 bits per heavy atom. The van der Waals surface area contributed by atoms with E-state index in [0.717, 1.165) is 37.8 Å². The summed E-state index contributed by atoms with van der Waals surface area (Å²) in [6.07, 6.45) is 2.65. The number of aliphatic hydroxyl groups excluding tert-OH is 1. The van der Waals surface area contributed by atoms with Crippen LogP contribution in [-0.4, -0.2) is 59.6 Å². The first-order valence-corrected chi connectivity index (χ1v) is 7.51. The maximum atomic E-state index is 12.4. The van der Waals surface area contributed by atoms with Gasteiger partial charge in [0.25, 0.3) is 5.91 Å². The fourth-order valence-electron chi connectivity index (χ4n) is 2.75. The smallest absolute Gasteiger partial charge is 0.253 e. The molecule has 2 aliphatic rings. The van der Waals surface area contributed by atoms with E-state index in [1.54, 1.807) is 0 Å². The Hall–Kier alpha value is -1.83. The minimum Gasteiger partial charge on any atom is -0.384 e. The van der Waals surface area contributed by atoms with E-state index in [1.807, 2.05) is 29.2 Å². The van der Waals surface area contributed by atoms with E-state index < -0.39 is 0 Å². The molecule has 0 atom stereocenters. The second-order valence-electron chi connectivity index (χ2n) is 5.60. The van der Waals surface area contributed by atoms with Crippen LogP contribution >= 0.6 is 0 Å². The molecule has 4 heteroatoms. The molecule has 0 spiro atoms. The lowest BCUT2D eigenvalue weighted by Crippen LogP contribution is -2.49. The molecule has 3 rings (SSSR count). The van der Waals surface area contributed by atoms with Crippen molar-refractivity contribution in [1.82, 2.24) is 9.80 Å². The van der Waals surface area contributed by atoms with E-state index in [4.69, 9.17) is 5.11 Å². The van der Waals surface area contributed by atoms with Gasteiger partial charge in [-0.2, -0.15) is 0 Å². The van der Waals surface area contributed by atoms with Crippen LogP contribution in [0.4, 0.5) is 0 Å². The molecular formula is C17H20N2O2. The monoisotopic (exact) mass is 284 g/mol. The summed E-state index contributed by atoms with van der Waals surface area (Å²) in [6, 6.07) is 8.08. The second kappa shape index (κ2) is 6.30. The van der Waals surface area contributed by atoms with Gasteiger partial charge < -0.3 is 10.0 Å². The van der Waals surface area contributed by atoms with E-state index in [0.29, 0.717) is 5.56 Å². The van der Waals surface area contributed by atoms with Gasteiger partial charge in [0.2, 0.25) is 0 Å². The molecule has 0 aromatic heterocycles. The summed E-state index contributed by atoms with van der Waals surface area (Å²) < 4.78 is 0. The average Bonchev–Trinajstić information content (AvgIpc) is 3.38. The average molecular weight is 284 g/mol. The summed E-state index contributed by atoms with van der Waals surface area (Å²) in [6.45, 7) is 3.49. The highest BCUT2D eigenvalue weighted by Gasteiger charge is 2.32. The quantitative estimate of drug-likeness (QED) is 0.822. The molecule has 1 aromatic rings. The van der Waals surface area contributed by atoms with Crippen LogP contribution in [0.25, 0.3) is 0 Å². The fraction of sp³-hybridized carbons (Fsp3) is 0.471. The molecule has 1 saturated carbocycles. The van der Waals surface area contributed by atoms with Gasteiger partial charge in [-0.15, -0.1) is 0 Å². The van der Waals surface area contributed by atoms with Crippen LogP contribution in [0.2, 0.25) is 0 Å². The van der Waals surface area contributed by atoms with Crippen molar-refractivity contribution in [2.45, 2.75) is 18.9 Å². The first kappa shape index (κ1) is 14.1. The zero-order valence-corrected chi connectivity index (χ0v) is 12.1. The van der Waals surface area contributed by atoms with Gasteiger partial charge in [0.1, 0.15) is 6.61 Å². The number of aliphatic hydroxyl groups is 1. The Balaban J connectivity index is 1.59. The van der Waals surface area contributed by atoms with E-state index in [1.165, 1.54) is 12.8 Å². The van der Waals surface area contributed by atoms with Crippen molar-refractivity contribution in [2.24, 2.45) is 0 Å². The van der Waals surface area contributed by atoms with Crippen LogP contribution in [0.1, 0.15) is 28.8 Å². The highest BCUT2D eigenvalue weighted by atomic mass is 16.2. The zero-order valence-electron chi connectivity index (χ0n) is 12.1. The first-order chi connectivity index (χ1) is 10.3. The van der Waals surface area contributed by atoms with Crippen molar-refractivity contribution < 1.29 is 9.90 Å². The Kier molecular flexibility index (Phi) is 4.23. The molecule has 1 aliphatic heterocycles. The van der Waals surface area contributed by atoms with Gasteiger partial charge in [0.15, 0.2) is 0 Å². The normalized spacial score (nSPS) is 19.0. The first-order valence-electron chi connectivity index (χ1n) is 7.51. The molecule has 2 fully saturated rings. The van der Waals surface area contributed by atoms with Gasteiger partial charge in [0, 0.05) is 43.3 Å². The van der Waals surface area contributed by atoms with Gasteiger partial charge >= 0.3 is 0 Å². The lowest BCUT2D eigenvalue weighted by molar-refractivity contribution is 0.0627. The van der Waals surface area contributed by atoms with Crippen molar-refractivity contribution in [2.75, 3.05) is 32.8 Å². The Morgan fingerprint density at radius 3 is 2.38 bits per heavy atom. The number of piperazine rings is 1. The number of nitrogens with zero attached hydrogens (tertiary/aromatic N) is 2. The number of benzene rings is 1. The van der Waals surface area contributed by atoms with Gasteiger partial charge in [-0.1, -0.05) is 11.8 Å². The lowest BCUT2D eigenvalue weighted by atomic mass is 10.1. The van der Waals surface area contributed by atoms with Crippen LogP contribution in [0.5, 0.6) is 0 Å². The Morgan fingerprint density at radius 1 is 1.14 bits per heavy atom. The molecular weight excluding hydrogens is 264 g/mol. The van der Waals surface area contributed by atoms with Crippen molar-refractivity contribution in [3.8, 4) is 11.8 Å². The number of hydrogen-bond acceptors (Lipinski definition) is 3. The number of hydrogen-bond donors (Lipinski definition) is 1. The third-order valence-corrected chi connectivity index (χ3v) is 4.11. The second-order valence-corrected chi connectivity index (χ2v) is 5.60. The standard InChI is InChI=1S/C17H20N2O2/c20-13-1-2-14-3-5-15(6-4-14)17(21)19-11-9-18(10-12-19)16-7-8-16/h3-6,16,20H,7-13H2. The van der Waals surface area contributed by atoms with E-state index >= 15 is 0 Å². The molecule has 1 saturated heterocycles. The van der Waals surface area contributed by atoms with Crippen molar-refractivity contribution in [3.63, 3.8) is 0 Å². The highest BCUT2D eigenvalue weighted by molar-refractivity contribution is 5.94. The molecule has 0 radical (unpaired) electrons. The van der Waals surface area contributed by atoms with Crippen molar-refractivity contribution in [3.05, 3.63) is 35.4 Å². The maximum absolute atomic E-state index is 12.4. The molecule has 1 heterocycles. The van der Waals surface area contributed by atoms with Crippen molar-refractivity contribution >= 4 is 5.91 Å². The van der Waals surface area contributed by atoms with Crippen LogP contribution in [0.3, 0.4) is 0 Å². The minimum absolute atomic E-state index is 0.104. The molecule has 21 heavy (non-hydrogen) atoms. The number of carbonyl (C=O) groups excluding carboxylic acids is 1. The van der Waals surface area contributed by atoms with Crippen LogP contribution in [0, 0.1) is 11.8 Å². The van der Waals surface area contributed by atoms with E-state index in [9.17, 15) is 4.79 Å². The molecule has 1 aromatic carbocycles. The number of rotatable bonds is 2. The molecule has 4 nitrogen and oxygen atoms in total. The molecule has 1 N–H and O–H groups in total. The summed E-state index contributed by atoms with van der Waals surface area (Å²) in [5.41, 5.74) is 1.53. The molecule has 110 valence electrons. The third-order valence-electron chi connectivity index (χ3n) is 4.11. The summed E-state index contributed by atoms with van der Waals surface area (Å²) in [5, 5.41) is 8.67. The van der Waals surface area contributed by atoms with Gasteiger partial charge in [-0.3, -0.25) is 9.69 Å². The van der Waals surface area contributed by atoms with Gasteiger partial charge in [0.05, 0.1) is 0 Å². The van der Waals surface area contributed by atoms with Gasteiger partial charge in [-0.05, 0) is 37.1 Å². The number of carbonyl (C=O) groups is 1. The Bertz CT molecular complexity index is 559. The predicted octanol–water partition coefficient (Wildman–Crippen LogP) is 0.951. The largest absolute Gasteiger partial charge is 0.384 e. The predicted molar refractivity (Wildman–Crippen MR) is 80.9 cm³/mol. The third kappa shape index (κ3) is 3.44. The fourth-order valence-corrected chi connectivity index (χ4v) is 2.75. The summed E-state index contributed by atoms with van der Waals surface area (Å²) in [5.74, 6) is 5.54. The van der Waals surface area contributed by atoms with Crippen LogP contribution < -0.4 is 0 Å². The molecule has 0 bridgehead atoms. The summed E-state index contributed by atoms with van der Waals surface area (Å²) in [7, 11) is 0. The minimum atomic E-state index is -0.147. The van der Waals surface area contributed by atoms with Gasteiger partial charge in [-0.25, -0.2) is 0 Å². The maximum Gasteiger partial charge on any atom is 0.253 e. The topological polar surface area (TPSA) is 43.8 Å². The summed E-state index contributed by atoms with van der Waals surface area (Å²) in [4.78, 5) is 16.9. The lowest BCUT2D eigenvalue weighted by Gasteiger charge is -2.34. The highest BCUT2D eigenvalue weighted by Crippen LogP contribution is 2.27. The van der Waals surface area contributed by atoms with Crippen molar-refractivity contribution in [1.29, 1.82) is 0 Å². The summed E-state index contributed by atoms with van der Waals surface area (Å²) >= 11 is 0. The van der Waals surface area contributed by atoms with E-state index in [-0.39, 0.29) is 12.5 Å². The zero-order chi connectivity index (χ0) is 14.7. The van der Waals surface area contributed by atoms with Crippen LogP contribution in [0.15, 0.2) is 24.3 Å². The SMILES string of the molecule is O=C(c1ccc(C#CCO)cc1)N1CCN(C2CC2)CC1. The van der Waals surface area contributed by atoms with Crippen LogP contribution in [-0.2, 0) is 0 Å². The molecule has 1 amide bonds. The molecule has 1 aliphatic carbocycles. The van der Waals surface area contributed by atoms with E-state index in [2.05, 4.69) is 16.7 Å².